The molecule has 1 amide bonds. The van der Waals surface area contributed by atoms with Gasteiger partial charge in [-0.15, -0.1) is 0 Å². The van der Waals surface area contributed by atoms with Crippen molar-refractivity contribution in [1.29, 1.82) is 0 Å². The largest absolute Gasteiger partial charge is 0.309 e. The molecule has 0 saturated carbocycles. The molecule has 3 heteroatoms. The van der Waals surface area contributed by atoms with Gasteiger partial charge in [0.25, 0.3) is 0 Å². The molecule has 19 heavy (non-hydrogen) atoms. The van der Waals surface area contributed by atoms with E-state index < -0.39 is 5.41 Å². The minimum atomic E-state index is -0.392. The zero-order valence-corrected chi connectivity index (χ0v) is 12.2. The summed E-state index contributed by atoms with van der Waals surface area (Å²) in [4.78, 5) is 14.4. The van der Waals surface area contributed by atoms with Gasteiger partial charge in [0.1, 0.15) is 0 Å². The Labute approximate surface area is 121 Å². The van der Waals surface area contributed by atoms with Gasteiger partial charge in [0.15, 0.2) is 0 Å². The molecule has 0 radical (unpaired) electrons. The molecule has 1 atom stereocenters. The molecule has 1 unspecified atom stereocenters. The molecule has 1 fully saturated rings. The summed E-state index contributed by atoms with van der Waals surface area (Å²) in [5.41, 5.74) is 1.64. The van der Waals surface area contributed by atoms with Crippen LogP contribution in [0.25, 0.3) is 0 Å². The van der Waals surface area contributed by atoms with Gasteiger partial charge in [-0.2, -0.15) is 0 Å². The van der Waals surface area contributed by atoms with Crippen LogP contribution in [0.3, 0.4) is 0 Å². The van der Waals surface area contributed by atoms with E-state index in [1.165, 1.54) is 0 Å². The number of carbonyl (C=O) groups is 1. The molecule has 0 spiro atoms. The molecule has 1 aliphatic rings. The minimum Gasteiger partial charge on any atom is -0.309 e. The van der Waals surface area contributed by atoms with Gasteiger partial charge in [0, 0.05) is 11.0 Å². The molecule has 0 aromatic heterocycles. The van der Waals surface area contributed by atoms with E-state index in [2.05, 4.69) is 15.9 Å². The molecule has 0 aliphatic carbocycles. The van der Waals surface area contributed by atoms with Crippen molar-refractivity contribution in [3.63, 3.8) is 0 Å². The highest BCUT2D eigenvalue weighted by molar-refractivity contribution is 9.10. The summed E-state index contributed by atoms with van der Waals surface area (Å²) in [5, 5.41) is 0. The fourth-order valence-corrected chi connectivity index (χ4v) is 3.05. The third-order valence-electron chi connectivity index (χ3n) is 3.75. The Morgan fingerprint density at radius 3 is 2.32 bits per heavy atom. The van der Waals surface area contributed by atoms with Gasteiger partial charge in [-0.25, -0.2) is 0 Å². The van der Waals surface area contributed by atoms with Crippen LogP contribution in [0.1, 0.15) is 12.5 Å². The lowest BCUT2D eigenvalue weighted by Gasteiger charge is -2.47. The van der Waals surface area contributed by atoms with Crippen molar-refractivity contribution < 1.29 is 4.79 Å². The lowest BCUT2D eigenvalue weighted by Crippen LogP contribution is -2.63. The lowest BCUT2D eigenvalue weighted by molar-refractivity contribution is -0.128. The number of amides is 1. The number of carbonyl (C=O) groups excluding carboxylic acids is 1. The first-order valence-electron chi connectivity index (χ1n) is 6.25. The molecule has 1 aliphatic heterocycles. The second kappa shape index (κ2) is 4.49. The van der Waals surface area contributed by atoms with Gasteiger partial charge in [-0.3, -0.25) is 4.79 Å². The third kappa shape index (κ3) is 1.89. The summed E-state index contributed by atoms with van der Waals surface area (Å²) in [6.45, 7) is 2.73. The van der Waals surface area contributed by atoms with Crippen molar-refractivity contribution in [2.24, 2.45) is 0 Å². The zero-order chi connectivity index (χ0) is 13.5. The van der Waals surface area contributed by atoms with Gasteiger partial charge in [-0.1, -0.05) is 42.5 Å². The van der Waals surface area contributed by atoms with Gasteiger partial charge in [0.05, 0.1) is 11.1 Å². The number of hydrogen-bond acceptors (Lipinski definition) is 1. The first-order valence-corrected chi connectivity index (χ1v) is 7.04. The summed E-state index contributed by atoms with van der Waals surface area (Å²) < 4.78 is 0.957. The van der Waals surface area contributed by atoms with E-state index in [-0.39, 0.29) is 5.91 Å². The van der Waals surface area contributed by atoms with Crippen molar-refractivity contribution in [3.8, 4) is 0 Å². The molecule has 2 aromatic rings. The van der Waals surface area contributed by atoms with Crippen LogP contribution in [0, 0.1) is 0 Å². The number of hydrogen-bond donors (Lipinski definition) is 0. The van der Waals surface area contributed by atoms with Crippen LogP contribution in [-0.4, -0.2) is 12.5 Å². The normalized spacial score (nSPS) is 22.2. The molecule has 0 bridgehead atoms. The maximum Gasteiger partial charge on any atom is 0.239 e. The highest BCUT2D eigenvalue weighted by atomic mass is 79.9. The van der Waals surface area contributed by atoms with E-state index in [9.17, 15) is 4.79 Å². The predicted molar refractivity (Wildman–Crippen MR) is 80.3 cm³/mol. The summed E-state index contributed by atoms with van der Waals surface area (Å²) in [6.07, 6.45) is 0. The zero-order valence-electron chi connectivity index (χ0n) is 10.6. The highest BCUT2D eigenvalue weighted by Gasteiger charge is 2.50. The number of para-hydroxylation sites is 1. The molecular formula is C16H14BrNO. The van der Waals surface area contributed by atoms with Crippen LogP contribution in [0.4, 0.5) is 5.69 Å². The minimum absolute atomic E-state index is 0.158. The Hall–Kier alpha value is -1.61. The van der Waals surface area contributed by atoms with Gasteiger partial charge in [0.2, 0.25) is 5.91 Å². The highest BCUT2D eigenvalue weighted by Crippen LogP contribution is 2.40. The maximum atomic E-state index is 12.5. The predicted octanol–water partition coefficient (Wildman–Crippen LogP) is 3.75. The average Bonchev–Trinajstić information content (AvgIpc) is 2.46. The van der Waals surface area contributed by atoms with Gasteiger partial charge in [-0.05, 0) is 40.5 Å². The molecular weight excluding hydrogens is 302 g/mol. The first kappa shape index (κ1) is 12.4. The molecule has 2 aromatic carbocycles. The monoisotopic (exact) mass is 315 g/mol. The number of anilines is 1. The molecule has 1 saturated heterocycles. The summed E-state index contributed by atoms with van der Waals surface area (Å²) >= 11 is 3.50. The van der Waals surface area contributed by atoms with Crippen molar-refractivity contribution in [2.75, 3.05) is 11.4 Å². The average molecular weight is 316 g/mol. The van der Waals surface area contributed by atoms with E-state index in [1.807, 2.05) is 66.4 Å². The number of rotatable bonds is 2. The van der Waals surface area contributed by atoms with Crippen LogP contribution < -0.4 is 4.90 Å². The molecule has 0 N–H and O–H groups in total. The van der Waals surface area contributed by atoms with E-state index in [1.54, 1.807) is 0 Å². The lowest BCUT2D eigenvalue weighted by atomic mass is 9.74. The molecule has 3 rings (SSSR count). The summed E-state index contributed by atoms with van der Waals surface area (Å²) in [7, 11) is 0. The smallest absolute Gasteiger partial charge is 0.239 e. The van der Waals surface area contributed by atoms with Crippen molar-refractivity contribution in [1.82, 2.24) is 0 Å². The van der Waals surface area contributed by atoms with E-state index in [0.29, 0.717) is 0 Å². The Balaban J connectivity index is 1.90. The number of halogens is 1. The quantitative estimate of drug-likeness (QED) is 0.773. The Bertz CT molecular complexity index is 626. The van der Waals surface area contributed by atoms with Crippen molar-refractivity contribution in [2.45, 2.75) is 12.3 Å². The van der Waals surface area contributed by atoms with Crippen molar-refractivity contribution >= 4 is 27.5 Å². The molecule has 2 nitrogen and oxygen atoms in total. The van der Waals surface area contributed by atoms with E-state index >= 15 is 0 Å². The Morgan fingerprint density at radius 1 is 1.05 bits per heavy atom. The summed E-state index contributed by atoms with van der Waals surface area (Å²) in [6, 6.07) is 17.8. The number of benzene rings is 2. The topological polar surface area (TPSA) is 20.3 Å². The second-order valence-electron chi connectivity index (χ2n) is 5.04. The van der Waals surface area contributed by atoms with Crippen LogP contribution in [-0.2, 0) is 10.2 Å². The SMILES string of the molecule is CC1(c2ccccc2)CN(c2ccccc2Br)C1=O. The van der Waals surface area contributed by atoms with Gasteiger partial charge >= 0.3 is 0 Å². The van der Waals surface area contributed by atoms with Crippen LogP contribution in [0.5, 0.6) is 0 Å². The fourth-order valence-electron chi connectivity index (χ4n) is 2.55. The molecule has 96 valence electrons. The number of nitrogens with zero attached hydrogens (tertiary/aromatic N) is 1. The maximum absolute atomic E-state index is 12.5. The van der Waals surface area contributed by atoms with Crippen LogP contribution in [0.2, 0.25) is 0 Å². The summed E-state index contributed by atoms with van der Waals surface area (Å²) in [5.74, 6) is 0.158. The van der Waals surface area contributed by atoms with Crippen LogP contribution >= 0.6 is 15.9 Å². The standard InChI is InChI=1S/C16H14BrNO/c1-16(12-7-3-2-4-8-12)11-18(15(16)19)14-10-6-5-9-13(14)17/h2-10H,11H2,1H3. The third-order valence-corrected chi connectivity index (χ3v) is 4.42. The Kier molecular flexibility index (Phi) is 2.94. The van der Waals surface area contributed by atoms with E-state index in [0.717, 1.165) is 22.3 Å². The van der Waals surface area contributed by atoms with Gasteiger partial charge < -0.3 is 4.90 Å². The van der Waals surface area contributed by atoms with Crippen LogP contribution in [0.15, 0.2) is 59.1 Å². The molecule has 1 heterocycles. The fraction of sp³-hybridized carbons (Fsp3) is 0.188. The second-order valence-corrected chi connectivity index (χ2v) is 5.90. The number of β-lactam (4-membered cyclic amide) rings is 1. The van der Waals surface area contributed by atoms with E-state index in [4.69, 9.17) is 0 Å². The first-order chi connectivity index (χ1) is 9.13. The Morgan fingerprint density at radius 2 is 1.68 bits per heavy atom. The van der Waals surface area contributed by atoms with Crippen molar-refractivity contribution in [3.05, 3.63) is 64.6 Å².